The minimum absolute atomic E-state index is 0.0666. The number of allylic oxidation sites excluding steroid dienone is 15. The summed E-state index contributed by atoms with van der Waals surface area (Å²) in [6.07, 6.45) is 79.8. The highest BCUT2D eigenvalue weighted by molar-refractivity contribution is 5.76. The van der Waals surface area contributed by atoms with E-state index >= 15 is 0 Å². The van der Waals surface area contributed by atoms with E-state index in [0.29, 0.717) is 6.42 Å². The van der Waals surface area contributed by atoms with Crippen molar-refractivity contribution in [3.8, 4) is 0 Å². The van der Waals surface area contributed by atoms with Crippen molar-refractivity contribution in [2.24, 2.45) is 0 Å². The van der Waals surface area contributed by atoms with Crippen LogP contribution in [0.5, 0.6) is 0 Å². The van der Waals surface area contributed by atoms with Crippen LogP contribution in [0.15, 0.2) is 97.2 Å². The molecule has 63 heavy (non-hydrogen) atoms. The van der Waals surface area contributed by atoms with E-state index in [1.54, 1.807) is 6.08 Å². The van der Waals surface area contributed by atoms with Gasteiger partial charge in [-0.3, -0.25) is 4.79 Å². The molecule has 0 aromatic rings. The van der Waals surface area contributed by atoms with Crippen LogP contribution in [0.25, 0.3) is 0 Å². The smallest absolute Gasteiger partial charge is 0.220 e. The summed E-state index contributed by atoms with van der Waals surface area (Å²) in [6.45, 7) is 4.19. The normalized spacial score (nSPS) is 13.7. The van der Waals surface area contributed by atoms with Crippen LogP contribution < -0.4 is 5.32 Å². The third-order valence-corrected chi connectivity index (χ3v) is 11.8. The first kappa shape index (κ1) is 60.3. The first-order valence-corrected chi connectivity index (χ1v) is 27.0. The van der Waals surface area contributed by atoms with E-state index in [2.05, 4.69) is 104 Å². The number of aliphatic hydroxyl groups excluding tert-OH is 2. The van der Waals surface area contributed by atoms with Crippen LogP contribution in [0.4, 0.5) is 0 Å². The van der Waals surface area contributed by atoms with Gasteiger partial charge in [-0.25, -0.2) is 0 Å². The molecular weight excluding hydrogens is 771 g/mol. The summed E-state index contributed by atoms with van der Waals surface area (Å²) in [6, 6.07) is -0.626. The Kier molecular flexibility index (Phi) is 51.4. The van der Waals surface area contributed by atoms with Crippen LogP contribution >= 0.6 is 0 Å². The number of carbonyl (C=O) groups excluding carboxylic acids is 1. The molecule has 362 valence electrons. The molecule has 0 aliphatic carbocycles. The summed E-state index contributed by atoms with van der Waals surface area (Å²) in [5, 5.41) is 23.1. The van der Waals surface area contributed by atoms with E-state index in [-0.39, 0.29) is 12.5 Å². The van der Waals surface area contributed by atoms with Crippen molar-refractivity contribution >= 4 is 5.91 Å². The molecule has 0 rings (SSSR count). The second-order valence-electron chi connectivity index (χ2n) is 17.9. The van der Waals surface area contributed by atoms with Gasteiger partial charge in [-0.05, 0) is 77.0 Å². The van der Waals surface area contributed by atoms with Crippen molar-refractivity contribution in [3.63, 3.8) is 0 Å². The summed E-state index contributed by atoms with van der Waals surface area (Å²) in [5.74, 6) is -0.0666. The van der Waals surface area contributed by atoms with Gasteiger partial charge in [0.2, 0.25) is 5.91 Å². The van der Waals surface area contributed by atoms with Gasteiger partial charge in [0, 0.05) is 6.42 Å². The molecule has 0 aromatic carbocycles. The minimum atomic E-state index is -0.842. The Bertz CT molecular complexity index is 1170. The van der Waals surface area contributed by atoms with Crippen LogP contribution in [0.3, 0.4) is 0 Å². The molecule has 2 unspecified atom stereocenters. The highest BCUT2D eigenvalue weighted by Crippen LogP contribution is 2.16. The predicted octanol–water partition coefficient (Wildman–Crippen LogP) is 17.7. The highest BCUT2D eigenvalue weighted by atomic mass is 16.3. The second-order valence-corrected chi connectivity index (χ2v) is 17.9. The van der Waals surface area contributed by atoms with Gasteiger partial charge in [0.25, 0.3) is 0 Å². The molecule has 0 heterocycles. The third-order valence-electron chi connectivity index (χ3n) is 11.8. The SMILES string of the molecule is CC/C=C\C/C=C\C/C=C\C/C=C\C/C=C\C/C=C\C/C=C\CCCCCCCCCCCCCCCCCC(=O)NC(CO)C(O)/C=C/CCCCCCCCCCCCCC. The molecule has 4 heteroatoms. The van der Waals surface area contributed by atoms with Crippen molar-refractivity contribution < 1.29 is 15.0 Å². The topological polar surface area (TPSA) is 69.6 Å². The number of amides is 1. The zero-order valence-electron chi connectivity index (χ0n) is 41.6. The number of hydrogen-bond acceptors (Lipinski definition) is 3. The number of hydrogen-bond donors (Lipinski definition) is 3. The zero-order valence-corrected chi connectivity index (χ0v) is 41.6. The van der Waals surface area contributed by atoms with E-state index in [0.717, 1.165) is 70.6 Å². The van der Waals surface area contributed by atoms with Crippen molar-refractivity contribution in [2.45, 2.75) is 264 Å². The standard InChI is InChI=1S/C59H103NO3/c1-3-5-7-9-11-13-15-17-19-20-21-22-23-24-25-26-27-28-29-30-31-32-33-34-35-36-37-38-39-40-41-43-45-47-49-51-53-55-59(63)60-57(56-61)58(62)54-52-50-48-46-44-42-18-16-14-12-10-8-6-4-2/h5,7,11,13,17,19,21-22,24-25,27-28,30-31,52,54,57-58,61-62H,3-4,6,8-10,12,14-16,18,20,23,26,29,32-51,53,55-56H2,1-2H3,(H,60,63)/b7-5-,13-11-,19-17-,22-21-,25-24-,28-27-,31-30-,54-52+. The maximum Gasteiger partial charge on any atom is 0.220 e. The molecular formula is C59H103NO3. The molecule has 3 N–H and O–H groups in total. The van der Waals surface area contributed by atoms with Gasteiger partial charge in [0.1, 0.15) is 0 Å². The van der Waals surface area contributed by atoms with Gasteiger partial charge in [-0.2, -0.15) is 0 Å². The maximum atomic E-state index is 12.4. The van der Waals surface area contributed by atoms with Crippen LogP contribution in [-0.2, 0) is 4.79 Å². The van der Waals surface area contributed by atoms with E-state index in [9.17, 15) is 15.0 Å². The molecule has 4 nitrogen and oxygen atoms in total. The van der Waals surface area contributed by atoms with Gasteiger partial charge in [0.05, 0.1) is 18.8 Å². The number of aliphatic hydroxyl groups is 2. The Balaban J connectivity index is 3.52. The number of rotatable bonds is 48. The van der Waals surface area contributed by atoms with Crippen LogP contribution in [0, 0.1) is 0 Å². The quantitative estimate of drug-likeness (QED) is 0.0421. The molecule has 2 atom stereocenters. The molecule has 0 fully saturated rings. The van der Waals surface area contributed by atoms with Gasteiger partial charge < -0.3 is 15.5 Å². The van der Waals surface area contributed by atoms with Crippen molar-refractivity contribution in [3.05, 3.63) is 97.2 Å². The molecule has 0 saturated heterocycles. The summed E-state index contributed by atoms with van der Waals surface area (Å²) in [5.41, 5.74) is 0. The van der Waals surface area contributed by atoms with E-state index in [4.69, 9.17) is 0 Å². The van der Waals surface area contributed by atoms with Crippen molar-refractivity contribution in [2.75, 3.05) is 6.61 Å². The lowest BCUT2D eigenvalue weighted by atomic mass is 10.0. The lowest BCUT2D eigenvalue weighted by Crippen LogP contribution is -2.45. The summed E-state index contributed by atoms with van der Waals surface area (Å²) in [7, 11) is 0. The molecule has 0 radical (unpaired) electrons. The molecule has 0 bridgehead atoms. The average Bonchev–Trinajstić information content (AvgIpc) is 3.29. The predicted molar refractivity (Wildman–Crippen MR) is 280 cm³/mol. The zero-order chi connectivity index (χ0) is 45.6. The maximum absolute atomic E-state index is 12.4. The molecule has 0 saturated carbocycles. The van der Waals surface area contributed by atoms with Crippen molar-refractivity contribution in [1.29, 1.82) is 0 Å². The number of unbranched alkanes of at least 4 members (excludes halogenated alkanes) is 27. The first-order valence-electron chi connectivity index (χ1n) is 27.0. The monoisotopic (exact) mass is 874 g/mol. The Labute approximate surface area is 392 Å². The minimum Gasteiger partial charge on any atom is -0.394 e. The fraction of sp³-hybridized carbons (Fsp3) is 0.712. The molecule has 0 aliphatic heterocycles. The van der Waals surface area contributed by atoms with Gasteiger partial charge in [-0.15, -0.1) is 0 Å². The Hall–Kier alpha value is -2.69. The second kappa shape index (κ2) is 53.6. The fourth-order valence-corrected chi connectivity index (χ4v) is 7.75. The third kappa shape index (κ3) is 50.2. The highest BCUT2D eigenvalue weighted by Gasteiger charge is 2.18. The van der Waals surface area contributed by atoms with Crippen LogP contribution in [-0.4, -0.2) is 34.9 Å². The van der Waals surface area contributed by atoms with Crippen molar-refractivity contribution in [1.82, 2.24) is 5.32 Å². The lowest BCUT2D eigenvalue weighted by Gasteiger charge is -2.20. The average molecular weight is 874 g/mol. The van der Waals surface area contributed by atoms with Crippen LogP contribution in [0.1, 0.15) is 251 Å². The Morgan fingerprint density at radius 1 is 0.397 bits per heavy atom. The largest absolute Gasteiger partial charge is 0.394 e. The van der Waals surface area contributed by atoms with Crippen LogP contribution in [0.2, 0.25) is 0 Å². The summed E-state index contributed by atoms with van der Waals surface area (Å²) >= 11 is 0. The molecule has 1 amide bonds. The number of carbonyl (C=O) groups is 1. The van der Waals surface area contributed by atoms with Gasteiger partial charge >= 0.3 is 0 Å². The van der Waals surface area contributed by atoms with Gasteiger partial charge in [-0.1, -0.05) is 265 Å². The van der Waals surface area contributed by atoms with E-state index < -0.39 is 12.1 Å². The Morgan fingerprint density at radius 3 is 1.05 bits per heavy atom. The van der Waals surface area contributed by atoms with E-state index in [1.807, 2.05) is 6.08 Å². The Morgan fingerprint density at radius 2 is 0.698 bits per heavy atom. The molecule has 0 spiro atoms. The van der Waals surface area contributed by atoms with E-state index in [1.165, 1.54) is 161 Å². The summed E-state index contributed by atoms with van der Waals surface area (Å²) < 4.78 is 0. The lowest BCUT2D eigenvalue weighted by molar-refractivity contribution is -0.123. The number of nitrogens with one attached hydrogen (secondary N) is 1. The first-order chi connectivity index (χ1) is 31.2. The molecule has 0 aromatic heterocycles. The summed E-state index contributed by atoms with van der Waals surface area (Å²) in [4.78, 5) is 12.4. The fourth-order valence-electron chi connectivity index (χ4n) is 7.75. The van der Waals surface area contributed by atoms with Gasteiger partial charge in [0.15, 0.2) is 0 Å². The molecule has 0 aliphatic rings.